The number of hydrogen-bond donors (Lipinski definition) is 3. The molecule has 1 amide bonds. The molecule has 156 valence electrons. The van der Waals surface area contributed by atoms with E-state index >= 15 is 0 Å². The Labute approximate surface area is 174 Å². The quantitative estimate of drug-likeness (QED) is 0.541. The second kappa shape index (κ2) is 10.0. The van der Waals surface area contributed by atoms with Gasteiger partial charge in [-0.3, -0.25) is 4.79 Å². The van der Waals surface area contributed by atoms with Crippen LogP contribution in [0.3, 0.4) is 0 Å². The summed E-state index contributed by atoms with van der Waals surface area (Å²) in [7, 11) is 0. The number of aliphatic hydroxyl groups is 1. The summed E-state index contributed by atoms with van der Waals surface area (Å²) in [6.45, 7) is 4.99. The molecule has 0 spiro atoms. The fourth-order valence-electron chi connectivity index (χ4n) is 3.69. The van der Waals surface area contributed by atoms with Crippen LogP contribution in [-0.2, 0) is 6.42 Å². The van der Waals surface area contributed by atoms with Gasteiger partial charge in [0.1, 0.15) is 0 Å². The molecule has 0 radical (unpaired) electrons. The van der Waals surface area contributed by atoms with Gasteiger partial charge in [0.25, 0.3) is 5.91 Å². The monoisotopic (exact) mass is 394 g/mol. The Hall–Kier alpha value is -2.17. The maximum absolute atomic E-state index is 12.7. The fraction of sp³-hybridized carbons (Fsp3) is 0.480. The molecule has 1 aliphatic rings. The van der Waals surface area contributed by atoms with Crippen molar-refractivity contribution in [3.05, 3.63) is 71.8 Å². The molecule has 3 rings (SSSR count). The molecule has 0 aliphatic heterocycles. The molecule has 29 heavy (non-hydrogen) atoms. The third-order valence-corrected chi connectivity index (χ3v) is 5.86. The van der Waals surface area contributed by atoms with Gasteiger partial charge in [0.15, 0.2) is 0 Å². The summed E-state index contributed by atoms with van der Waals surface area (Å²) in [4.78, 5) is 12.7. The van der Waals surface area contributed by atoms with Crippen molar-refractivity contribution >= 4 is 5.91 Å². The molecule has 0 unspecified atom stereocenters. The van der Waals surface area contributed by atoms with E-state index in [4.69, 9.17) is 0 Å². The van der Waals surface area contributed by atoms with Gasteiger partial charge in [-0.2, -0.15) is 0 Å². The van der Waals surface area contributed by atoms with Crippen molar-refractivity contribution in [3.8, 4) is 0 Å². The van der Waals surface area contributed by atoms with E-state index in [1.807, 2.05) is 48.5 Å². The highest BCUT2D eigenvalue weighted by atomic mass is 16.3. The molecule has 4 nitrogen and oxygen atoms in total. The lowest BCUT2D eigenvalue weighted by molar-refractivity contribution is 0.0821. The third-order valence-electron chi connectivity index (χ3n) is 5.86. The Morgan fingerprint density at radius 2 is 1.66 bits per heavy atom. The zero-order valence-electron chi connectivity index (χ0n) is 17.6. The van der Waals surface area contributed by atoms with Crippen LogP contribution in [-0.4, -0.2) is 35.2 Å². The Bertz CT molecular complexity index is 757. The smallest absolute Gasteiger partial charge is 0.251 e. The Morgan fingerprint density at radius 3 is 2.24 bits per heavy atom. The SMILES string of the molecule is CC(C)CCC1(NC[C@H](O)[C@H](Cc2ccccc2)NC(=O)c2ccccc2)CC1. The molecule has 3 N–H and O–H groups in total. The van der Waals surface area contributed by atoms with Crippen molar-refractivity contribution in [1.82, 2.24) is 10.6 Å². The highest BCUT2D eigenvalue weighted by molar-refractivity contribution is 5.94. The second-order valence-corrected chi connectivity index (χ2v) is 8.80. The van der Waals surface area contributed by atoms with Crippen LogP contribution in [0.15, 0.2) is 60.7 Å². The average molecular weight is 395 g/mol. The van der Waals surface area contributed by atoms with Crippen LogP contribution in [0.25, 0.3) is 0 Å². The molecule has 0 heterocycles. The topological polar surface area (TPSA) is 61.4 Å². The molecule has 4 heteroatoms. The first-order chi connectivity index (χ1) is 14.0. The van der Waals surface area contributed by atoms with Gasteiger partial charge in [0.2, 0.25) is 0 Å². The van der Waals surface area contributed by atoms with Crippen molar-refractivity contribution < 1.29 is 9.90 Å². The Balaban J connectivity index is 1.63. The molecule has 1 fully saturated rings. The van der Waals surface area contributed by atoms with Gasteiger partial charge in [-0.25, -0.2) is 0 Å². The van der Waals surface area contributed by atoms with Gasteiger partial charge in [0, 0.05) is 17.6 Å². The van der Waals surface area contributed by atoms with E-state index in [2.05, 4.69) is 24.5 Å². The van der Waals surface area contributed by atoms with Crippen LogP contribution < -0.4 is 10.6 Å². The van der Waals surface area contributed by atoms with Gasteiger partial charge >= 0.3 is 0 Å². The van der Waals surface area contributed by atoms with Crippen molar-refractivity contribution in [3.63, 3.8) is 0 Å². The number of rotatable bonds is 11. The average Bonchev–Trinajstić information content (AvgIpc) is 3.52. The zero-order chi connectivity index (χ0) is 20.7. The minimum absolute atomic E-state index is 0.147. The van der Waals surface area contributed by atoms with Crippen LogP contribution in [0.5, 0.6) is 0 Å². The predicted octanol–water partition coefficient (Wildman–Crippen LogP) is 3.95. The van der Waals surface area contributed by atoms with Gasteiger partial charge in [0.05, 0.1) is 12.1 Å². The first kappa shape index (κ1) is 21.5. The lowest BCUT2D eigenvalue weighted by Crippen LogP contribution is -2.50. The maximum Gasteiger partial charge on any atom is 0.251 e. The molecule has 0 bridgehead atoms. The standard InChI is InChI=1S/C25H34N2O2/c1-19(2)13-14-25(15-16-25)26-18-23(28)22(17-20-9-5-3-6-10-20)27-24(29)21-11-7-4-8-12-21/h3-12,19,22-23,26,28H,13-18H2,1-2H3,(H,27,29)/t22-,23-/m0/s1. The number of amides is 1. The summed E-state index contributed by atoms with van der Waals surface area (Å²) in [5.74, 6) is 0.543. The van der Waals surface area contributed by atoms with E-state index in [0.29, 0.717) is 24.4 Å². The van der Waals surface area contributed by atoms with Gasteiger partial charge < -0.3 is 15.7 Å². The summed E-state index contributed by atoms with van der Waals surface area (Å²) in [5, 5.41) is 17.6. The first-order valence-corrected chi connectivity index (χ1v) is 10.8. The van der Waals surface area contributed by atoms with Crippen LogP contribution in [0.2, 0.25) is 0 Å². The van der Waals surface area contributed by atoms with Crippen LogP contribution in [0.4, 0.5) is 0 Å². The molecule has 2 atom stereocenters. The maximum atomic E-state index is 12.7. The second-order valence-electron chi connectivity index (χ2n) is 8.80. The summed E-state index contributed by atoms with van der Waals surface area (Å²) >= 11 is 0. The van der Waals surface area contributed by atoms with E-state index in [1.165, 1.54) is 19.3 Å². The molecule has 2 aromatic rings. The lowest BCUT2D eigenvalue weighted by atomic mass is 9.98. The molecule has 2 aromatic carbocycles. The molecule has 0 aromatic heterocycles. The van der Waals surface area contributed by atoms with Crippen LogP contribution in [0, 0.1) is 5.92 Å². The van der Waals surface area contributed by atoms with E-state index in [1.54, 1.807) is 12.1 Å². The third kappa shape index (κ3) is 6.69. The number of β-amino-alcohol motifs (C(OH)–C–C–N with tert-alkyl or cyclic N) is 1. The zero-order valence-corrected chi connectivity index (χ0v) is 17.6. The fourth-order valence-corrected chi connectivity index (χ4v) is 3.69. The minimum Gasteiger partial charge on any atom is -0.390 e. The number of carbonyl (C=O) groups excluding carboxylic acids is 1. The summed E-state index contributed by atoms with van der Waals surface area (Å²) in [6, 6.07) is 18.9. The summed E-state index contributed by atoms with van der Waals surface area (Å²) in [5.41, 5.74) is 1.90. The van der Waals surface area contributed by atoms with E-state index in [-0.39, 0.29) is 17.5 Å². The number of aliphatic hydroxyl groups excluding tert-OH is 1. The van der Waals surface area contributed by atoms with Crippen molar-refractivity contribution in [2.24, 2.45) is 5.92 Å². The van der Waals surface area contributed by atoms with Crippen molar-refractivity contribution in [1.29, 1.82) is 0 Å². The summed E-state index contributed by atoms with van der Waals surface area (Å²) in [6.07, 6.45) is 4.64. The minimum atomic E-state index is -0.653. The molecule has 0 saturated heterocycles. The molecular weight excluding hydrogens is 360 g/mol. The van der Waals surface area contributed by atoms with E-state index in [9.17, 15) is 9.90 Å². The highest BCUT2D eigenvalue weighted by Crippen LogP contribution is 2.40. The molecular formula is C25H34N2O2. The number of carbonyl (C=O) groups is 1. The molecule has 1 saturated carbocycles. The lowest BCUT2D eigenvalue weighted by Gasteiger charge is -2.27. The summed E-state index contributed by atoms with van der Waals surface area (Å²) < 4.78 is 0. The Kier molecular flexibility index (Phi) is 7.45. The van der Waals surface area contributed by atoms with Gasteiger partial charge in [-0.15, -0.1) is 0 Å². The first-order valence-electron chi connectivity index (χ1n) is 10.8. The molecule has 1 aliphatic carbocycles. The van der Waals surface area contributed by atoms with Gasteiger partial charge in [-0.1, -0.05) is 62.4 Å². The van der Waals surface area contributed by atoms with Crippen molar-refractivity contribution in [2.75, 3.05) is 6.54 Å². The Morgan fingerprint density at radius 1 is 1.03 bits per heavy atom. The number of nitrogens with one attached hydrogen (secondary N) is 2. The van der Waals surface area contributed by atoms with E-state index in [0.717, 1.165) is 12.0 Å². The highest BCUT2D eigenvalue weighted by Gasteiger charge is 2.42. The van der Waals surface area contributed by atoms with Crippen LogP contribution >= 0.6 is 0 Å². The number of hydrogen-bond acceptors (Lipinski definition) is 3. The largest absolute Gasteiger partial charge is 0.390 e. The van der Waals surface area contributed by atoms with E-state index < -0.39 is 6.10 Å². The number of benzene rings is 2. The normalized spacial score (nSPS) is 17.0. The predicted molar refractivity (Wildman–Crippen MR) is 118 cm³/mol. The van der Waals surface area contributed by atoms with Gasteiger partial charge in [-0.05, 0) is 55.7 Å². The van der Waals surface area contributed by atoms with Crippen LogP contribution in [0.1, 0.15) is 55.5 Å². The van der Waals surface area contributed by atoms with Crippen molar-refractivity contribution in [2.45, 2.75) is 63.6 Å².